The minimum atomic E-state index is -0.507. The molecule has 0 saturated carbocycles. The van der Waals surface area contributed by atoms with Gasteiger partial charge >= 0.3 is 5.69 Å². The molecule has 5 rings (SSSR count). The monoisotopic (exact) mass is 377 g/mol. The number of anilines is 1. The zero-order valence-electron chi connectivity index (χ0n) is 14.6. The van der Waals surface area contributed by atoms with Crippen LogP contribution in [0.15, 0.2) is 56.3 Å². The van der Waals surface area contributed by atoms with E-state index in [0.717, 1.165) is 15.7 Å². The van der Waals surface area contributed by atoms with Crippen molar-refractivity contribution < 1.29 is 4.79 Å². The van der Waals surface area contributed by atoms with Gasteiger partial charge in [0, 0.05) is 36.7 Å². The van der Waals surface area contributed by atoms with Gasteiger partial charge in [0.15, 0.2) is 5.78 Å². The summed E-state index contributed by atoms with van der Waals surface area (Å²) in [5.74, 6) is -0.138. The van der Waals surface area contributed by atoms with Crippen molar-refractivity contribution in [2.24, 2.45) is 14.1 Å². The minimum absolute atomic E-state index is 0.0779. The van der Waals surface area contributed by atoms with E-state index in [9.17, 15) is 14.4 Å². The average molecular weight is 377 g/mol. The van der Waals surface area contributed by atoms with Crippen LogP contribution in [0.4, 0.5) is 5.82 Å². The van der Waals surface area contributed by atoms with E-state index < -0.39 is 11.6 Å². The topological polar surface area (TPSA) is 73.1 Å². The highest BCUT2D eigenvalue weighted by atomic mass is 32.1. The molecule has 2 aliphatic rings. The largest absolute Gasteiger partial charge is 0.340 e. The molecule has 1 aliphatic carbocycles. The van der Waals surface area contributed by atoms with Crippen LogP contribution in [0.25, 0.3) is 5.70 Å². The van der Waals surface area contributed by atoms with Crippen molar-refractivity contribution in [1.29, 1.82) is 0 Å². The lowest BCUT2D eigenvalue weighted by Gasteiger charge is -2.29. The second-order valence-electron chi connectivity index (χ2n) is 6.75. The number of rotatable bonds is 1. The van der Waals surface area contributed by atoms with E-state index in [0.29, 0.717) is 28.2 Å². The first kappa shape index (κ1) is 16.0. The van der Waals surface area contributed by atoms with Crippen molar-refractivity contribution in [2.75, 3.05) is 5.32 Å². The average Bonchev–Trinajstić information content (AvgIpc) is 3.31. The van der Waals surface area contributed by atoms with Crippen LogP contribution in [0.5, 0.6) is 0 Å². The molecular formula is C20H15N3O3S. The Hall–Kier alpha value is -3.19. The van der Waals surface area contributed by atoms with Crippen molar-refractivity contribution in [3.63, 3.8) is 0 Å². The second-order valence-corrected chi connectivity index (χ2v) is 7.53. The third-order valence-electron chi connectivity index (χ3n) is 5.35. The van der Waals surface area contributed by atoms with Gasteiger partial charge < -0.3 is 5.32 Å². The Morgan fingerprint density at radius 3 is 2.44 bits per heavy atom. The third kappa shape index (κ3) is 1.97. The smallest absolute Gasteiger partial charge is 0.332 e. The number of allylic oxidation sites excluding steroid dienone is 1. The molecule has 0 amide bonds. The number of nitrogens with zero attached hydrogens (tertiary/aromatic N) is 2. The highest BCUT2D eigenvalue weighted by Gasteiger charge is 2.42. The summed E-state index contributed by atoms with van der Waals surface area (Å²) in [4.78, 5) is 38.7. The first-order valence-corrected chi connectivity index (χ1v) is 9.42. The minimum Gasteiger partial charge on any atom is -0.340 e. The van der Waals surface area contributed by atoms with E-state index in [1.165, 1.54) is 23.0 Å². The van der Waals surface area contributed by atoms with Crippen molar-refractivity contribution in [3.05, 3.63) is 89.8 Å². The lowest BCUT2D eigenvalue weighted by atomic mass is 9.83. The maximum absolute atomic E-state index is 13.2. The number of aromatic nitrogens is 2. The van der Waals surface area contributed by atoms with Crippen LogP contribution in [0.2, 0.25) is 0 Å². The Kier molecular flexibility index (Phi) is 3.21. The molecule has 7 heteroatoms. The first-order chi connectivity index (χ1) is 13.0. The van der Waals surface area contributed by atoms with Gasteiger partial charge in [-0.05, 0) is 22.4 Å². The number of benzene rings is 1. The Morgan fingerprint density at radius 2 is 1.74 bits per heavy atom. The van der Waals surface area contributed by atoms with Crippen molar-refractivity contribution >= 4 is 28.6 Å². The molecule has 3 aromatic rings. The standard InChI is InChI=1S/C20H15N3O3S/c1-22-18-15(19(25)23(2)20(22)26)13(10-7-8-27-9-10)14-16(21-18)11-5-3-4-6-12(11)17(14)24/h3-9,13,21H,1-2H3. The Morgan fingerprint density at radius 1 is 1.00 bits per heavy atom. The fraction of sp³-hybridized carbons (Fsp3) is 0.150. The molecule has 1 aromatic carbocycles. The number of ketones is 1. The Labute approximate surface area is 158 Å². The summed E-state index contributed by atoms with van der Waals surface area (Å²) in [5.41, 5.74) is 3.19. The lowest BCUT2D eigenvalue weighted by molar-refractivity contribution is 0.103. The predicted octanol–water partition coefficient (Wildman–Crippen LogP) is 2.31. The van der Waals surface area contributed by atoms with Gasteiger partial charge in [0.1, 0.15) is 5.82 Å². The number of hydrogen-bond donors (Lipinski definition) is 1. The Balaban J connectivity index is 1.90. The summed E-state index contributed by atoms with van der Waals surface area (Å²) in [6.45, 7) is 0. The quantitative estimate of drug-likeness (QED) is 0.706. The molecule has 1 aliphatic heterocycles. The molecule has 0 spiro atoms. The van der Waals surface area contributed by atoms with Gasteiger partial charge in [-0.2, -0.15) is 11.3 Å². The zero-order valence-corrected chi connectivity index (χ0v) is 15.5. The van der Waals surface area contributed by atoms with Crippen LogP contribution < -0.4 is 16.6 Å². The number of thiophene rings is 1. The van der Waals surface area contributed by atoms with Crippen molar-refractivity contribution in [3.8, 4) is 0 Å². The Bertz CT molecular complexity index is 1280. The molecule has 27 heavy (non-hydrogen) atoms. The van der Waals surface area contributed by atoms with Gasteiger partial charge in [-0.15, -0.1) is 0 Å². The SMILES string of the molecule is Cn1c2c(c(=O)n(C)c1=O)C(c1ccsc1)C1=C(N2)c2ccccc2C1=O. The van der Waals surface area contributed by atoms with E-state index in [4.69, 9.17) is 0 Å². The van der Waals surface area contributed by atoms with Crippen LogP contribution in [0.1, 0.15) is 33.0 Å². The zero-order chi connectivity index (χ0) is 18.9. The molecule has 1 N–H and O–H groups in total. The van der Waals surface area contributed by atoms with Crippen molar-refractivity contribution in [1.82, 2.24) is 9.13 Å². The number of Topliss-reactive ketones (excluding diaryl/α,β-unsaturated/α-hetero) is 1. The molecule has 0 radical (unpaired) electrons. The first-order valence-electron chi connectivity index (χ1n) is 8.48. The van der Waals surface area contributed by atoms with E-state index in [1.54, 1.807) is 13.1 Å². The summed E-state index contributed by atoms with van der Waals surface area (Å²) in [5, 5.41) is 7.10. The van der Waals surface area contributed by atoms with Crippen LogP contribution in [0.3, 0.4) is 0 Å². The second kappa shape index (κ2) is 5.40. The van der Waals surface area contributed by atoms with Gasteiger partial charge in [-0.25, -0.2) is 4.79 Å². The van der Waals surface area contributed by atoms with Gasteiger partial charge in [0.05, 0.1) is 11.3 Å². The van der Waals surface area contributed by atoms with Crippen LogP contribution >= 0.6 is 11.3 Å². The predicted molar refractivity (Wildman–Crippen MR) is 104 cm³/mol. The molecule has 0 fully saturated rings. The number of carbonyl (C=O) groups excluding carboxylic acids is 1. The van der Waals surface area contributed by atoms with E-state index >= 15 is 0 Å². The molecule has 6 nitrogen and oxygen atoms in total. The molecule has 3 heterocycles. The molecule has 2 aromatic heterocycles. The number of nitrogens with one attached hydrogen (secondary N) is 1. The molecule has 1 unspecified atom stereocenters. The number of carbonyl (C=O) groups is 1. The summed E-state index contributed by atoms with van der Waals surface area (Å²) in [7, 11) is 3.09. The number of fused-ring (bicyclic) bond motifs is 3. The van der Waals surface area contributed by atoms with Crippen molar-refractivity contribution in [2.45, 2.75) is 5.92 Å². The summed E-state index contributed by atoms with van der Waals surface area (Å²) >= 11 is 1.51. The van der Waals surface area contributed by atoms with E-state index in [-0.39, 0.29) is 11.3 Å². The lowest BCUT2D eigenvalue weighted by Crippen LogP contribution is -2.42. The highest BCUT2D eigenvalue weighted by Crippen LogP contribution is 2.47. The summed E-state index contributed by atoms with van der Waals surface area (Å²) in [6, 6.07) is 9.32. The summed E-state index contributed by atoms with van der Waals surface area (Å²) < 4.78 is 2.53. The van der Waals surface area contributed by atoms with Crippen LogP contribution in [-0.4, -0.2) is 14.9 Å². The molecule has 1 atom stereocenters. The molecule has 0 saturated heterocycles. The van der Waals surface area contributed by atoms with Crippen LogP contribution in [-0.2, 0) is 14.1 Å². The highest BCUT2D eigenvalue weighted by molar-refractivity contribution is 7.08. The maximum Gasteiger partial charge on any atom is 0.332 e. The normalized spacial score (nSPS) is 17.4. The van der Waals surface area contributed by atoms with E-state index in [2.05, 4.69) is 5.32 Å². The summed E-state index contributed by atoms with van der Waals surface area (Å²) in [6.07, 6.45) is 0. The fourth-order valence-electron chi connectivity index (χ4n) is 4.03. The van der Waals surface area contributed by atoms with Gasteiger partial charge in [0.25, 0.3) is 5.56 Å². The molecular weight excluding hydrogens is 362 g/mol. The van der Waals surface area contributed by atoms with Gasteiger partial charge in [-0.3, -0.25) is 18.7 Å². The fourth-order valence-corrected chi connectivity index (χ4v) is 4.72. The van der Waals surface area contributed by atoms with Gasteiger partial charge in [0.2, 0.25) is 0 Å². The van der Waals surface area contributed by atoms with Gasteiger partial charge in [-0.1, -0.05) is 24.3 Å². The molecule has 134 valence electrons. The molecule has 0 bridgehead atoms. The number of hydrogen-bond acceptors (Lipinski definition) is 5. The maximum atomic E-state index is 13.2. The third-order valence-corrected chi connectivity index (χ3v) is 6.05. The van der Waals surface area contributed by atoms with E-state index in [1.807, 2.05) is 35.0 Å². The van der Waals surface area contributed by atoms with Crippen LogP contribution in [0, 0.1) is 0 Å².